The summed E-state index contributed by atoms with van der Waals surface area (Å²) in [6, 6.07) is 6.11. The third-order valence-corrected chi connectivity index (χ3v) is 7.64. The van der Waals surface area contributed by atoms with Crippen LogP contribution in [0.5, 0.6) is 0 Å². The summed E-state index contributed by atoms with van der Waals surface area (Å²) in [6.45, 7) is 11.2. The van der Waals surface area contributed by atoms with Crippen LogP contribution in [0.1, 0.15) is 34.6 Å². The van der Waals surface area contributed by atoms with Crippen molar-refractivity contribution in [2.24, 2.45) is 5.92 Å². The summed E-state index contributed by atoms with van der Waals surface area (Å²) in [6.07, 6.45) is 0. The number of hydrogen-bond donors (Lipinski definition) is 2. The van der Waals surface area contributed by atoms with E-state index >= 15 is 0 Å². The molecule has 0 aliphatic rings. The molecule has 1 heterocycles. The Morgan fingerprint density at radius 1 is 1.15 bits per heavy atom. The highest BCUT2D eigenvalue weighted by molar-refractivity contribution is 7.99. The van der Waals surface area contributed by atoms with Gasteiger partial charge in [-0.05, 0) is 25.0 Å². The summed E-state index contributed by atoms with van der Waals surface area (Å²) in [5.41, 5.74) is 0.620. The first-order valence-electron chi connectivity index (χ1n) is 10.9. The van der Waals surface area contributed by atoms with Crippen LogP contribution >= 0.6 is 11.8 Å². The van der Waals surface area contributed by atoms with Gasteiger partial charge in [-0.15, -0.1) is 10.2 Å². The molecule has 0 atom stereocenters. The van der Waals surface area contributed by atoms with Crippen LogP contribution in [0.4, 0.5) is 4.79 Å². The number of sulfonamides is 1. The maximum Gasteiger partial charge on any atom is 0.321 e. The molecule has 2 N–H and O–H groups in total. The van der Waals surface area contributed by atoms with Gasteiger partial charge in [0.2, 0.25) is 15.9 Å². The molecule has 2 aromatic rings. The maximum absolute atomic E-state index is 13.0. The molecule has 1 aromatic heterocycles. The first-order chi connectivity index (χ1) is 15.6. The van der Waals surface area contributed by atoms with Crippen molar-refractivity contribution in [2.45, 2.75) is 51.2 Å². The molecule has 0 fully saturated rings. The van der Waals surface area contributed by atoms with Gasteiger partial charge in [0.05, 0.1) is 10.6 Å². The van der Waals surface area contributed by atoms with E-state index < -0.39 is 22.0 Å². The summed E-state index contributed by atoms with van der Waals surface area (Å²) in [5, 5.41) is 13.8. The zero-order chi connectivity index (χ0) is 24.6. The van der Waals surface area contributed by atoms with Crippen molar-refractivity contribution in [3.05, 3.63) is 24.3 Å². The fraction of sp³-hybridized carbons (Fsp3) is 0.524. The molecule has 0 unspecified atom stereocenters. The Morgan fingerprint density at radius 2 is 1.85 bits per heavy atom. The van der Waals surface area contributed by atoms with Crippen molar-refractivity contribution in [1.82, 2.24) is 29.7 Å². The second kappa shape index (κ2) is 12.1. The molecule has 0 spiro atoms. The number of imide groups is 1. The van der Waals surface area contributed by atoms with Crippen molar-refractivity contribution < 1.29 is 18.0 Å². The smallest absolute Gasteiger partial charge is 0.321 e. The number of carbonyl (C=O) groups is 2. The van der Waals surface area contributed by atoms with Crippen LogP contribution in [0.2, 0.25) is 0 Å². The van der Waals surface area contributed by atoms with E-state index in [0.717, 1.165) is 0 Å². The quantitative estimate of drug-likeness (QED) is 0.458. The predicted octanol–water partition coefficient (Wildman–Crippen LogP) is 2.57. The van der Waals surface area contributed by atoms with Gasteiger partial charge < -0.3 is 9.88 Å². The van der Waals surface area contributed by atoms with Gasteiger partial charge in [-0.2, -0.15) is 4.31 Å². The number of nitrogens with zero attached hydrogens (tertiary/aromatic N) is 4. The van der Waals surface area contributed by atoms with E-state index in [-0.39, 0.29) is 16.6 Å². The Bertz CT molecular complexity index is 1060. The number of nitrogens with one attached hydrogen (secondary N) is 2. The number of aromatic nitrogens is 3. The Morgan fingerprint density at radius 3 is 2.45 bits per heavy atom. The zero-order valence-electron chi connectivity index (χ0n) is 19.7. The molecule has 0 radical (unpaired) electrons. The van der Waals surface area contributed by atoms with Crippen molar-refractivity contribution in [3.63, 3.8) is 0 Å². The molecule has 0 bridgehead atoms. The fourth-order valence-electron chi connectivity index (χ4n) is 3.14. The molecular formula is C21H32N6O4S2. The number of thioether (sulfide) groups is 1. The van der Waals surface area contributed by atoms with Gasteiger partial charge in [0, 0.05) is 31.7 Å². The summed E-state index contributed by atoms with van der Waals surface area (Å²) in [5.74, 6) is 0.320. The minimum absolute atomic E-state index is 0.0102. The monoisotopic (exact) mass is 496 g/mol. The normalized spacial score (nSPS) is 11.7. The van der Waals surface area contributed by atoms with E-state index in [1.807, 2.05) is 18.4 Å². The summed E-state index contributed by atoms with van der Waals surface area (Å²) in [7, 11) is -3.62. The van der Waals surface area contributed by atoms with Crippen molar-refractivity contribution >= 4 is 33.7 Å². The second-order valence-corrected chi connectivity index (χ2v) is 10.5. The number of hydrogen-bond acceptors (Lipinski definition) is 7. The SMILES string of the molecule is CCNC(=O)NC(=O)CSc1nnc(-c2cccc(S(=O)(=O)N(CC)CC)c2)n1CC(C)C. The summed E-state index contributed by atoms with van der Waals surface area (Å²) < 4.78 is 29.2. The lowest BCUT2D eigenvalue weighted by Gasteiger charge is -2.19. The average molecular weight is 497 g/mol. The zero-order valence-corrected chi connectivity index (χ0v) is 21.3. The van der Waals surface area contributed by atoms with E-state index in [4.69, 9.17) is 0 Å². The molecule has 10 nitrogen and oxygen atoms in total. The first kappa shape index (κ1) is 26.8. The lowest BCUT2D eigenvalue weighted by molar-refractivity contribution is -0.117. The minimum Gasteiger partial charge on any atom is -0.338 e. The second-order valence-electron chi connectivity index (χ2n) is 7.62. The molecule has 0 aliphatic heterocycles. The predicted molar refractivity (Wildman–Crippen MR) is 128 cm³/mol. The van der Waals surface area contributed by atoms with E-state index in [1.165, 1.54) is 16.1 Å². The van der Waals surface area contributed by atoms with Gasteiger partial charge in [-0.1, -0.05) is 51.6 Å². The van der Waals surface area contributed by atoms with Gasteiger partial charge in [-0.25, -0.2) is 13.2 Å². The van der Waals surface area contributed by atoms with Gasteiger partial charge >= 0.3 is 6.03 Å². The molecule has 0 saturated heterocycles. The number of carbonyl (C=O) groups excluding carboxylic acids is 2. The molecular weight excluding hydrogens is 464 g/mol. The van der Waals surface area contributed by atoms with Gasteiger partial charge in [0.1, 0.15) is 0 Å². The van der Waals surface area contributed by atoms with Crippen LogP contribution < -0.4 is 10.6 Å². The van der Waals surface area contributed by atoms with Gasteiger partial charge in [-0.3, -0.25) is 10.1 Å². The third kappa shape index (κ3) is 7.02. The van der Waals surface area contributed by atoms with E-state index in [0.29, 0.717) is 42.7 Å². The largest absolute Gasteiger partial charge is 0.338 e. The molecule has 33 heavy (non-hydrogen) atoms. The van der Waals surface area contributed by atoms with Crippen molar-refractivity contribution in [1.29, 1.82) is 0 Å². The standard InChI is InChI=1S/C21H32N6O4S2/c1-6-22-20(29)23-18(28)14-32-21-25-24-19(27(21)13-15(4)5)16-10-9-11-17(12-16)33(30,31)26(7-2)8-3/h9-12,15H,6-8,13-14H2,1-5H3,(H2,22,23,28,29). The Balaban J connectivity index is 2.34. The highest BCUT2D eigenvalue weighted by Crippen LogP contribution is 2.27. The van der Waals surface area contributed by atoms with Crippen LogP contribution in [0.25, 0.3) is 11.4 Å². The lowest BCUT2D eigenvalue weighted by Crippen LogP contribution is -2.40. The van der Waals surface area contributed by atoms with Crippen LogP contribution in [0, 0.1) is 5.92 Å². The van der Waals surface area contributed by atoms with E-state index in [9.17, 15) is 18.0 Å². The average Bonchev–Trinajstić information content (AvgIpc) is 3.15. The number of rotatable bonds is 11. The molecule has 0 aliphatic carbocycles. The van der Waals surface area contributed by atoms with Crippen LogP contribution in [-0.4, -0.2) is 64.8 Å². The topological polar surface area (TPSA) is 126 Å². The fourth-order valence-corrected chi connectivity index (χ4v) is 5.40. The van der Waals surface area contributed by atoms with Crippen LogP contribution in [-0.2, 0) is 21.4 Å². The number of amides is 3. The number of urea groups is 1. The summed E-state index contributed by atoms with van der Waals surface area (Å²) in [4.78, 5) is 23.8. The molecule has 3 amide bonds. The number of benzene rings is 1. The van der Waals surface area contributed by atoms with Gasteiger partial charge in [0.15, 0.2) is 11.0 Å². The van der Waals surface area contributed by atoms with Crippen molar-refractivity contribution in [2.75, 3.05) is 25.4 Å². The third-order valence-electron chi connectivity index (χ3n) is 4.62. The van der Waals surface area contributed by atoms with Crippen molar-refractivity contribution in [3.8, 4) is 11.4 Å². The minimum atomic E-state index is -3.62. The lowest BCUT2D eigenvalue weighted by atomic mass is 10.2. The molecule has 182 valence electrons. The Labute approximate surface area is 199 Å². The molecule has 0 saturated carbocycles. The molecule has 12 heteroatoms. The van der Waals surface area contributed by atoms with Crippen LogP contribution in [0.15, 0.2) is 34.3 Å². The van der Waals surface area contributed by atoms with Gasteiger partial charge in [0.25, 0.3) is 0 Å². The van der Waals surface area contributed by atoms with Crippen LogP contribution in [0.3, 0.4) is 0 Å². The Hall–Kier alpha value is -2.44. The Kier molecular flexibility index (Phi) is 9.87. The maximum atomic E-state index is 13.0. The van der Waals surface area contributed by atoms with E-state index in [2.05, 4.69) is 20.8 Å². The molecule has 2 rings (SSSR count). The summed E-state index contributed by atoms with van der Waals surface area (Å²) >= 11 is 1.17. The highest BCUT2D eigenvalue weighted by Gasteiger charge is 2.23. The molecule has 1 aromatic carbocycles. The van der Waals surface area contributed by atoms with E-state index in [1.54, 1.807) is 45.0 Å². The highest BCUT2D eigenvalue weighted by atomic mass is 32.2. The first-order valence-corrected chi connectivity index (χ1v) is 13.3.